The number of ether oxygens (including phenoxy) is 1. The van der Waals surface area contributed by atoms with Crippen molar-refractivity contribution >= 4 is 11.8 Å². The topological polar surface area (TPSA) is 49.8 Å². The third-order valence-electron chi connectivity index (χ3n) is 2.28. The average molecular weight is 211 g/mol. The van der Waals surface area contributed by atoms with Gasteiger partial charge in [0.05, 0.1) is 18.3 Å². The number of halogens is 1. The van der Waals surface area contributed by atoms with E-state index in [-0.39, 0.29) is 18.9 Å². The minimum absolute atomic E-state index is 0.0870. The van der Waals surface area contributed by atoms with E-state index in [1.54, 1.807) is 6.07 Å². The van der Waals surface area contributed by atoms with Gasteiger partial charge in [0, 0.05) is 0 Å². The summed E-state index contributed by atoms with van der Waals surface area (Å²) in [6.45, 7) is -0.163. The van der Waals surface area contributed by atoms with Crippen LogP contribution in [0.2, 0.25) is 0 Å². The molecule has 1 N–H and O–H groups in total. The van der Waals surface area contributed by atoms with Gasteiger partial charge in [-0.1, -0.05) is 12.1 Å². The quantitative estimate of drug-likeness (QED) is 0.798. The highest BCUT2D eigenvalue weighted by molar-refractivity contribution is 5.90. The maximum Gasteiger partial charge on any atom is 0.414 e. The number of amides is 1. The Bertz CT molecular complexity index is 383. The number of nitrogens with zero attached hydrogens (tertiary/aromatic N) is 1. The summed E-state index contributed by atoms with van der Waals surface area (Å²) in [5.74, 6) is -0.505. The predicted octanol–water partition coefficient (Wildman–Crippen LogP) is 1.14. The van der Waals surface area contributed by atoms with Gasteiger partial charge < -0.3 is 9.84 Å². The molecule has 80 valence electrons. The lowest BCUT2D eigenvalue weighted by atomic mass is 10.2. The molecule has 1 fully saturated rings. The molecule has 0 aliphatic carbocycles. The molecule has 0 bridgehead atoms. The molecule has 15 heavy (non-hydrogen) atoms. The van der Waals surface area contributed by atoms with Gasteiger partial charge >= 0.3 is 6.09 Å². The van der Waals surface area contributed by atoms with Gasteiger partial charge in [-0.15, -0.1) is 0 Å². The number of carbonyl (C=O) groups excluding carboxylic acids is 1. The minimum Gasteiger partial charge on any atom is -0.447 e. The predicted molar refractivity (Wildman–Crippen MR) is 51.1 cm³/mol. The molecule has 0 spiro atoms. The van der Waals surface area contributed by atoms with Gasteiger partial charge in [-0.25, -0.2) is 9.18 Å². The Morgan fingerprint density at radius 1 is 1.53 bits per heavy atom. The van der Waals surface area contributed by atoms with Crippen LogP contribution in [0.15, 0.2) is 24.3 Å². The van der Waals surface area contributed by atoms with Crippen molar-refractivity contribution in [1.29, 1.82) is 0 Å². The second-order valence-electron chi connectivity index (χ2n) is 3.23. The molecule has 1 aliphatic heterocycles. The van der Waals surface area contributed by atoms with E-state index in [2.05, 4.69) is 0 Å². The number of benzene rings is 1. The zero-order chi connectivity index (χ0) is 10.8. The first-order valence-electron chi connectivity index (χ1n) is 4.55. The maximum absolute atomic E-state index is 13.4. The van der Waals surface area contributed by atoms with Crippen molar-refractivity contribution in [2.45, 2.75) is 6.04 Å². The number of cyclic esters (lactones) is 1. The molecular weight excluding hydrogens is 201 g/mol. The highest BCUT2D eigenvalue weighted by atomic mass is 19.1. The summed E-state index contributed by atoms with van der Waals surface area (Å²) in [4.78, 5) is 12.5. The van der Waals surface area contributed by atoms with Crippen LogP contribution in [0.5, 0.6) is 0 Å². The molecule has 4 nitrogen and oxygen atoms in total. The van der Waals surface area contributed by atoms with Crippen molar-refractivity contribution in [2.75, 3.05) is 18.1 Å². The van der Waals surface area contributed by atoms with E-state index in [9.17, 15) is 9.18 Å². The number of anilines is 1. The van der Waals surface area contributed by atoms with Crippen molar-refractivity contribution in [3.8, 4) is 0 Å². The van der Waals surface area contributed by atoms with E-state index in [1.807, 2.05) is 0 Å². The fraction of sp³-hybridized carbons (Fsp3) is 0.300. The summed E-state index contributed by atoms with van der Waals surface area (Å²) in [6.07, 6.45) is -0.626. The van der Waals surface area contributed by atoms with E-state index < -0.39 is 18.0 Å². The first-order valence-corrected chi connectivity index (χ1v) is 4.55. The first kappa shape index (κ1) is 9.92. The SMILES string of the molecule is O=C1OCC(CO)N1c1ccccc1F. The molecule has 0 radical (unpaired) electrons. The molecule has 0 aromatic heterocycles. The van der Waals surface area contributed by atoms with E-state index in [1.165, 1.54) is 18.2 Å². The van der Waals surface area contributed by atoms with E-state index in [0.717, 1.165) is 4.90 Å². The Morgan fingerprint density at radius 3 is 2.93 bits per heavy atom. The van der Waals surface area contributed by atoms with Crippen LogP contribution < -0.4 is 4.90 Å². The van der Waals surface area contributed by atoms with Crippen LogP contribution in [0.25, 0.3) is 0 Å². The zero-order valence-electron chi connectivity index (χ0n) is 7.89. The molecule has 1 amide bonds. The number of aliphatic hydroxyl groups is 1. The summed E-state index contributed by atoms with van der Waals surface area (Å²) in [6, 6.07) is 5.39. The number of carbonyl (C=O) groups is 1. The Balaban J connectivity index is 2.36. The molecule has 1 atom stereocenters. The molecular formula is C10H10FNO3. The van der Waals surface area contributed by atoms with Gasteiger partial charge in [-0.05, 0) is 12.1 Å². The highest BCUT2D eigenvalue weighted by Crippen LogP contribution is 2.25. The van der Waals surface area contributed by atoms with Crippen LogP contribution in [-0.2, 0) is 4.74 Å². The van der Waals surface area contributed by atoms with Crippen molar-refractivity contribution < 1.29 is 19.0 Å². The van der Waals surface area contributed by atoms with Crippen molar-refractivity contribution in [3.63, 3.8) is 0 Å². The zero-order valence-corrected chi connectivity index (χ0v) is 7.89. The number of hydrogen-bond acceptors (Lipinski definition) is 3. The summed E-state index contributed by atoms with van der Waals surface area (Å²) in [5, 5.41) is 9.01. The lowest BCUT2D eigenvalue weighted by molar-refractivity contribution is 0.174. The standard InChI is InChI=1S/C10H10FNO3/c11-8-3-1-2-4-9(8)12-7(5-13)6-15-10(12)14/h1-4,7,13H,5-6H2. The van der Waals surface area contributed by atoms with E-state index in [0.29, 0.717) is 0 Å². The Hall–Kier alpha value is -1.62. The maximum atomic E-state index is 13.4. The van der Waals surface area contributed by atoms with Gasteiger partial charge in [-0.2, -0.15) is 0 Å². The summed E-state index contributed by atoms with van der Waals surface area (Å²) in [5.41, 5.74) is 0.138. The van der Waals surface area contributed by atoms with Crippen LogP contribution >= 0.6 is 0 Å². The van der Waals surface area contributed by atoms with E-state index in [4.69, 9.17) is 9.84 Å². The number of aliphatic hydroxyl groups excluding tert-OH is 1. The largest absolute Gasteiger partial charge is 0.447 e. The molecule has 0 saturated carbocycles. The normalized spacial score (nSPS) is 20.5. The molecule has 1 aliphatic rings. The first-order chi connectivity index (χ1) is 7.24. The Morgan fingerprint density at radius 2 is 2.27 bits per heavy atom. The van der Waals surface area contributed by atoms with Crippen LogP contribution in [0, 0.1) is 5.82 Å². The lowest BCUT2D eigenvalue weighted by Gasteiger charge is -2.19. The molecule has 1 aromatic rings. The molecule has 1 unspecified atom stereocenters. The second-order valence-corrected chi connectivity index (χ2v) is 3.23. The third-order valence-corrected chi connectivity index (χ3v) is 2.28. The lowest BCUT2D eigenvalue weighted by Crippen LogP contribution is -2.36. The van der Waals surface area contributed by atoms with Gasteiger partial charge in [0.1, 0.15) is 12.4 Å². The number of rotatable bonds is 2. The highest BCUT2D eigenvalue weighted by Gasteiger charge is 2.34. The molecule has 5 heteroatoms. The third kappa shape index (κ3) is 1.66. The molecule has 1 aromatic carbocycles. The second kappa shape index (κ2) is 3.86. The Labute approximate surface area is 85.9 Å². The van der Waals surface area contributed by atoms with Crippen LogP contribution in [0.4, 0.5) is 14.9 Å². The summed E-state index contributed by atoms with van der Waals surface area (Å²) in [7, 11) is 0. The Kier molecular flexibility index (Phi) is 2.55. The average Bonchev–Trinajstić information content (AvgIpc) is 2.60. The molecule has 1 saturated heterocycles. The van der Waals surface area contributed by atoms with Gasteiger partial charge in [0.25, 0.3) is 0 Å². The van der Waals surface area contributed by atoms with Gasteiger partial charge in [-0.3, -0.25) is 4.90 Å². The summed E-state index contributed by atoms with van der Waals surface area (Å²) >= 11 is 0. The van der Waals surface area contributed by atoms with Crippen LogP contribution in [0.3, 0.4) is 0 Å². The van der Waals surface area contributed by atoms with E-state index >= 15 is 0 Å². The van der Waals surface area contributed by atoms with Crippen LogP contribution in [-0.4, -0.2) is 30.5 Å². The number of hydrogen-bond donors (Lipinski definition) is 1. The minimum atomic E-state index is -0.626. The van der Waals surface area contributed by atoms with Gasteiger partial charge in [0.15, 0.2) is 0 Å². The fourth-order valence-corrected chi connectivity index (χ4v) is 1.54. The number of para-hydroxylation sites is 1. The smallest absolute Gasteiger partial charge is 0.414 e. The monoisotopic (exact) mass is 211 g/mol. The molecule has 2 rings (SSSR count). The van der Waals surface area contributed by atoms with Gasteiger partial charge in [0.2, 0.25) is 0 Å². The summed E-state index contributed by atoms with van der Waals surface area (Å²) < 4.78 is 18.1. The van der Waals surface area contributed by atoms with Crippen molar-refractivity contribution in [1.82, 2.24) is 0 Å². The molecule has 1 heterocycles. The van der Waals surface area contributed by atoms with Crippen LogP contribution in [0.1, 0.15) is 0 Å². The fourth-order valence-electron chi connectivity index (χ4n) is 1.54. The van der Waals surface area contributed by atoms with Crippen molar-refractivity contribution in [3.05, 3.63) is 30.1 Å². The van der Waals surface area contributed by atoms with Crippen molar-refractivity contribution in [2.24, 2.45) is 0 Å².